The maximum atomic E-state index is 10.7. The van der Waals surface area contributed by atoms with Crippen LogP contribution in [0.1, 0.15) is 21.2 Å². The highest BCUT2D eigenvalue weighted by molar-refractivity contribution is 7.09. The predicted octanol–water partition coefficient (Wildman–Crippen LogP) is 1.58. The highest BCUT2D eigenvalue weighted by Gasteiger charge is 2.09. The van der Waals surface area contributed by atoms with Crippen molar-refractivity contribution in [3.8, 4) is 0 Å². The predicted molar refractivity (Wildman–Crippen MR) is 67.9 cm³/mol. The zero-order valence-corrected chi connectivity index (χ0v) is 10.8. The number of nitrogens with zero attached hydrogens (tertiary/aromatic N) is 4. The summed E-state index contributed by atoms with van der Waals surface area (Å²) in [6.45, 7) is 2.57. The molecular weight excluding hydrogens is 252 g/mol. The Morgan fingerprint density at radius 2 is 2.22 bits per heavy atom. The summed E-state index contributed by atoms with van der Waals surface area (Å²) in [5.74, 6) is -0.461. The lowest BCUT2D eigenvalue weighted by Crippen LogP contribution is -2.19. The van der Waals surface area contributed by atoms with Gasteiger partial charge in [0.1, 0.15) is 0 Å². The minimum absolute atomic E-state index is 0.0587. The highest BCUT2D eigenvalue weighted by atomic mass is 32.1. The summed E-state index contributed by atoms with van der Waals surface area (Å²) < 4.78 is 0. The van der Waals surface area contributed by atoms with E-state index in [-0.39, 0.29) is 5.69 Å². The molecular formula is C11H12N4O2S. The van der Waals surface area contributed by atoms with Crippen molar-refractivity contribution >= 4 is 23.1 Å². The molecule has 0 bridgehead atoms. The maximum Gasteiger partial charge on any atom is 0.356 e. The first-order valence-electron chi connectivity index (χ1n) is 5.25. The van der Waals surface area contributed by atoms with Gasteiger partial charge in [0.05, 0.1) is 17.2 Å². The Morgan fingerprint density at radius 1 is 1.44 bits per heavy atom. The van der Waals surface area contributed by atoms with Crippen LogP contribution < -0.4 is 4.90 Å². The van der Waals surface area contributed by atoms with E-state index in [9.17, 15) is 4.79 Å². The van der Waals surface area contributed by atoms with Crippen molar-refractivity contribution in [1.82, 2.24) is 15.2 Å². The van der Waals surface area contributed by atoms with Crippen LogP contribution in [0.2, 0.25) is 0 Å². The fraction of sp³-hybridized carbons (Fsp3) is 0.273. The minimum Gasteiger partial charge on any atom is -0.476 e. The topological polar surface area (TPSA) is 79.2 Å². The van der Waals surface area contributed by atoms with Crippen LogP contribution in [-0.4, -0.2) is 33.3 Å². The van der Waals surface area contributed by atoms with Gasteiger partial charge in [0.25, 0.3) is 0 Å². The van der Waals surface area contributed by atoms with E-state index >= 15 is 0 Å². The summed E-state index contributed by atoms with van der Waals surface area (Å²) in [6.07, 6.45) is 0. The van der Waals surface area contributed by atoms with Crippen molar-refractivity contribution in [1.29, 1.82) is 0 Å². The molecule has 0 atom stereocenters. The Kier molecular flexibility index (Phi) is 3.52. The van der Waals surface area contributed by atoms with E-state index < -0.39 is 5.97 Å². The van der Waals surface area contributed by atoms with Gasteiger partial charge in [-0.05, 0) is 19.1 Å². The molecule has 2 aromatic rings. The molecule has 2 aromatic heterocycles. The van der Waals surface area contributed by atoms with Crippen LogP contribution in [-0.2, 0) is 6.54 Å². The van der Waals surface area contributed by atoms with Crippen LogP contribution in [0.3, 0.4) is 0 Å². The van der Waals surface area contributed by atoms with Gasteiger partial charge in [-0.15, -0.1) is 21.5 Å². The van der Waals surface area contributed by atoms with Crippen molar-refractivity contribution in [2.24, 2.45) is 0 Å². The molecule has 0 aromatic carbocycles. The normalized spacial score (nSPS) is 10.3. The van der Waals surface area contributed by atoms with Crippen LogP contribution in [0.5, 0.6) is 0 Å². The van der Waals surface area contributed by atoms with E-state index in [4.69, 9.17) is 5.11 Å². The Labute approximate surface area is 108 Å². The average Bonchev–Trinajstić information content (AvgIpc) is 2.75. The molecule has 0 fully saturated rings. The lowest BCUT2D eigenvalue weighted by atomic mass is 10.3. The van der Waals surface area contributed by atoms with E-state index in [0.29, 0.717) is 12.4 Å². The molecule has 0 aliphatic carbocycles. The SMILES string of the molecule is Cc1nc(CN(C)c2ccc(C(=O)O)nn2)cs1. The third kappa shape index (κ3) is 2.80. The number of aromatic nitrogens is 3. The molecule has 0 amide bonds. The van der Waals surface area contributed by atoms with Crippen LogP contribution in [0.25, 0.3) is 0 Å². The summed E-state index contributed by atoms with van der Waals surface area (Å²) in [5, 5.41) is 19.2. The van der Waals surface area contributed by atoms with Crippen molar-refractivity contribution in [2.45, 2.75) is 13.5 Å². The molecule has 2 rings (SSSR count). The smallest absolute Gasteiger partial charge is 0.356 e. The summed E-state index contributed by atoms with van der Waals surface area (Å²) >= 11 is 1.60. The number of aryl methyl sites for hydroxylation is 1. The number of carboxylic acids is 1. The van der Waals surface area contributed by atoms with E-state index in [1.165, 1.54) is 6.07 Å². The molecule has 94 valence electrons. The maximum absolute atomic E-state index is 10.7. The molecule has 0 spiro atoms. The molecule has 18 heavy (non-hydrogen) atoms. The molecule has 7 heteroatoms. The standard InChI is InChI=1S/C11H12N4O2S/c1-7-12-8(6-18-7)5-15(2)10-4-3-9(11(16)17)13-14-10/h3-4,6H,5H2,1-2H3,(H,16,17). The van der Waals surface area contributed by atoms with Crippen molar-refractivity contribution in [2.75, 3.05) is 11.9 Å². The zero-order valence-electron chi connectivity index (χ0n) is 9.99. The number of carboxylic acid groups (broad SMARTS) is 1. The Balaban J connectivity index is 2.09. The number of thiazole rings is 1. The van der Waals surface area contributed by atoms with Gasteiger partial charge in [0.15, 0.2) is 11.5 Å². The second-order valence-corrected chi connectivity index (χ2v) is 4.86. The van der Waals surface area contributed by atoms with Gasteiger partial charge in [-0.2, -0.15) is 0 Å². The number of rotatable bonds is 4. The van der Waals surface area contributed by atoms with Gasteiger partial charge in [-0.1, -0.05) is 0 Å². The van der Waals surface area contributed by atoms with E-state index in [1.54, 1.807) is 17.4 Å². The fourth-order valence-corrected chi connectivity index (χ4v) is 2.05. The molecule has 0 aliphatic rings. The molecule has 2 heterocycles. The third-order valence-electron chi connectivity index (χ3n) is 2.33. The molecule has 0 unspecified atom stereocenters. The Morgan fingerprint density at radius 3 is 2.72 bits per heavy atom. The van der Waals surface area contributed by atoms with E-state index in [1.807, 2.05) is 24.3 Å². The number of anilines is 1. The van der Waals surface area contributed by atoms with Gasteiger partial charge in [-0.25, -0.2) is 9.78 Å². The molecule has 6 nitrogen and oxygen atoms in total. The van der Waals surface area contributed by atoms with Crippen LogP contribution in [0.15, 0.2) is 17.5 Å². The lowest BCUT2D eigenvalue weighted by Gasteiger charge is -2.15. The molecule has 0 radical (unpaired) electrons. The van der Waals surface area contributed by atoms with Gasteiger partial charge < -0.3 is 10.0 Å². The second-order valence-electron chi connectivity index (χ2n) is 3.80. The first kappa shape index (κ1) is 12.4. The quantitative estimate of drug-likeness (QED) is 0.903. The monoisotopic (exact) mass is 264 g/mol. The fourth-order valence-electron chi connectivity index (χ4n) is 1.45. The van der Waals surface area contributed by atoms with Gasteiger partial charge >= 0.3 is 5.97 Å². The Hall–Kier alpha value is -2.02. The molecule has 1 N–H and O–H groups in total. The summed E-state index contributed by atoms with van der Waals surface area (Å²) in [4.78, 5) is 16.9. The first-order chi connectivity index (χ1) is 8.56. The largest absolute Gasteiger partial charge is 0.476 e. The number of carbonyl (C=O) groups is 1. The van der Waals surface area contributed by atoms with Crippen molar-refractivity contribution < 1.29 is 9.90 Å². The van der Waals surface area contributed by atoms with Crippen molar-refractivity contribution in [3.05, 3.63) is 33.9 Å². The summed E-state index contributed by atoms with van der Waals surface area (Å²) in [7, 11) is 1.86. The Bertz CT molecular complexity index is 552. The summed E-state index contributed by atoms with van der Waals surface area (Å²) in [5.41, 5.74) is 0.903. The van der Waals surface area contributed by atoms with Gasteiger partial charge in [-0.3, -0.25) is 0 Å². The third-order valence-corrected chi connectivity index (χ3v) is 3.15. The van der Waals surface area contributed by atoms with E-state index in [2.05, 4.69) is 15.2 Å². The molecule has 0 aliphatic heterocycles. The van der Waals surface area contributed by atoms with Crippen molar-refractivity contribution in [3.63, 3.8) is 0 Å². The second kappa shape index (κ2) is 5.09. The number of aromatic carboxylic acids is 1. The van der Waals surface area contributed by atoms with Gasteiger partial charge in [0.2, 0.25) is 0 Å². The lowest BCUT2D eigenvalue weighted by molar-refractivity contribution is 0.0689. The first-order valence-corrected chi connectivity index (χ1v) is 6.13. The zero-order chi connectivity index (χ0) is 13.1. The number of hydrogen-bond acceptors (Lipinski definition) is 6. The van der Waals surface area contributed by atoms with Gasteiger partial charge in [0, 0.05) is 12.4 Å². The minimum atomic E-state index is -1.08. The van der Waals surface area contributed by atoms with Crippen LogP contribution >= 0.6 is 11.3 Å². The average molecular weight is 264 g/mol. The van der Waals surface area contributed by atoms with Crippen LogP contribution in [0, 0.1) is 6.92 Å². The van der Waals surface area contributed by atoms with Crippen LogP contribution in [0.4, 0.5) is 5.82 Å². The summed E-state index contributed by atoms with van der Waals surface area (Å²) in [6, 6.07) is 3.07. The highest BCUT2D eigenvalue weighted by Crippen LogP contribution is 2.14. The molecule has 0 saturated heterocycles. The van der Waals surface area contributed by atoms with E-state index in [0.717, 1.165) is 10.7 Å². The molecule has 0 saturated carbocycles. The number of hydrogen-bond donors (Lipinski definition) is 1.